The number of anilines is 2. The van der Waals surface area contributed by atoms with E-state index in [9.17, 15) is 4.21 Å². The Morgan fingerprint density at radius 3 is 2.81 bits per heavy atom. The molecule has 0 bridgehead atoms. The molecule has 0 saturated carbocycles. The molecule has 0 aliphatic carbocycles. The van der Waals surface area contributed by atoms with Crippen LogP contribution >= 0.6 is 23.4 Å². The van der Waals surface area contributed by atoms with E-state index in [0.717, 1.165) is 40.8 Å². The Morgan fingerprint density at radius 2 is 2.08 bits per heavy atom. The van der Waals surface area contributed by atoms with Crippen molar-refractivity contribution in [2.45, 2.75) is 67.2 Å². The number of nitrogen functional groups attached to an aromatic ring is 1. The van der Waals surface area contributed by atoms with Gasteiger partial charge in [-0.05, 0) is 46.6 Å². The highest BCUT2D eigenvalue weighted by molar-refractivity contribution is 7.99. The lowest BCUT2D eigenvalue weighted by molar-refractivity contribution is 0.0874. The maximum atomic E-state index is 13.1. The lowest BCUT2D eigenvalue weighted by atomic mass is 9.73. The highest BCUT2D eigenvalue weighted by Crippen LogP contribution is 2.44. The van der Waals surface area contributed by atoms with E-state index in [-0.39, 0.29) is 22.3 Å². The Morgan fingerprint density at radius 1 is 1.28 bits per heavy atom. The Balaban J connectivity index is 1.45. The van der Waals surface area contributed by atoms with Gasteiger partial charge in [0, 0.05) is 54.2 Å². The van der Waals surface area contributed by atoms with Gasteiger partial charge in [0.05, 0.1) is 38.4 Å². The van der Waals surface area contributed by atoms with Gasteiger partial charge in [0.15, 0.2) is 5.65 Å². The summed E-state index contributed by atoms with van der Waals surface area (Å²) in [6, 6.07) is 1.83. The van der Waals surface area contributed by atoms with Crippen molar-refractivity contribution in [3.8, 4) is 0 Å². The number of pyridine rings is 1. The molecule has 5 heterocycles. The minimum atomic E-state index is -1.19. The van der Waals surface area contributed by atoms with Gasteiger partial charge in [0.2, 0.25) is 5.95 Å². The third-order valence-corrected chi connectivity index (χ3v) is 10.1. The number of nitrogens with one attached hydrogen (secondary N) is 1. The normalized spacial score (nSPS) is 25.6. The van der Waals surface area contributed by atoms with Gasteiger partial charge in [0.25, 0.3) is 0 Å². The first kappa shape index (κ1) is 25.7. The lowest BCUT2D eigenvalue weighted by Crippen LogP contribution is -2.59. The molecule has 4 atom stereocenters. The van der Waals surface area contributed by atoms with Crippen LogP contribution in [0.15, 0.2) is 40.6 Å². The van der Waals surface area contributed by atoms with Crippen molar-refractivity contribution >= 4 is 51.8 Å². The Kier molecular flexibility index (Phi) is 6.97. The smallest absolute Gasteiger partial charge is 0.211 e. The van der Waals surface area contributed by atoms with Gasteiger partial charge in [-0.2, -0.15) is 0 Å². The summed E-state index contributed by atoms with van der Waals surface area (Å²) in [6.07, 6.45) is 9.25. The average molecular weight is 550 g/mol. The summed E-state index contributed by atoms with van der Waals surface area (Å²) >= 11 is 7.83. The van der Waals surface area contributed by atoms with E-state index >= 15 is 0 Å². The number of halogens is 1. The molecule has 3 aromatic rings. The van der Waals surface area contributed by atoms with Crippen LogP contribution in [0.5, 0.6) is 0 Å². The fourth-order valence-electron chi connectivity index (χ4n) is 4.93. The predicted octanol–water partition coefficient (Wildman–Crippen LogP) is 3.94. The van der Waals surface area contributed by atoms with Crippen LogP contribution < -0.4 is 15.4 Å². The molecule has 5 rings (SSSR count). The number of hydrogen-bond donors (Lipinski definition) is 2. The van der Waals surface area contributed by atoms with E-state index in [4.69, 9.17) is 27.1 Å². The van der Waals surface area contributed by atoms with Gasteiger partial charge >= 0.3 is 0 Å². The van der Waals surface area contributed by atoms with E-state index in [0.29, 0.717) is 24.0 Å². The van der Waals surface area contributed by atoms with Crippen molar-refractivity contribution in [1.29, 1.82) is 0 Å². The second-order valence-corrected chi connectivity index (χ2v) is 14.0. The van der Waals surface area contributed by atoms with Gasteiger partial charge in [-0.1, -0.05) is 23.4 Å². The highest BCUT2D eigenvalue weighted by atomic mass is 35.5. The summed E-state index contributed by atoms with van der Waals surface area (Å²) in [5.74, 6) is 1.10. The van der Waals surface area contributed by atoms with Gasteiger partial charge in [-0.3, -0.25) is 4.40 Å². The number of rotatable bonds is 5. The number of imidazole rings is 1. The number of aromatic nitrogens is 4. The zero-order chi connectivity index (χ0) is 25.7. The average Bonchev–Trinajstić information content (AvgIpc) is 3.46. The van der Waals surface area contributed by atoms with Gasteiger partial charge in [-0.25, -0.2) is 23.9 Å². The van der Waals surface area contributed by atoms with Crippen LogP contribution in [0, 0.1) is 5.41 Å². The first-order chi connectivity index (χ1) is 17.1. The third kappa shape index (κ3) is 4.83. The van der Waals surface area contributed by atoms with Crippen LogP contribution in [0.1, 0.15) is 40.5 Å². The molecule has 9 nitrogen and oxygen atoms in total. The number of fused-ring (bicyclic) bond motifs is 1. The largest absolute Gasteiger partial charge is 0.382 e. The first-order valence-electron chi connectivity index (χ1n) is 12.0. The van der Waals surface area contributed by atoms with Crippen LogP contribution in [0.25, 0.3) is 5.65 Å². The molecule has 12 heteroatoms. The monoisotopic (exact) mass is 549 g/mol. The molecule has 3 unspecified atom stereocenters. The maximum absolute atomic E-state index is 13.1. The molecule has 2 saturated heterocycles. The fraction of sp³-hybridized carbons (Fsp3) is 0.542. The summed E-state index contributed by atoms with van der Waals surface area (Å²) in [7, 11) is -1.19. The maximum Gasteiger partial charge on any atom is 0.211 e. The van der Waals surface area contributed by atoms with E-state index in [1.165, 1.54) is 11.8 Å². The van der Waals surface area contributed by atoms with Crippen LogP contribution in [0.4, 0.5) is 11.8 Å². The fourth-order valence-corrected chi connectivity index (χ4v) is 7.00. The second kappa shape index (κ2) is 9.75. The zero-order valence-corrected chi connectivity index (χ0v) is 23.3. The number of nitrogens with two attached hydrogens (primary N) is 1. The lowest BCUT2D eigenvalue weighted by Gasteiger charge is -2.46. The molecular formula is C24H32ClN7O2S2. The molecule has 3 N–H and O–H groups in total. The molecule has 2 aliphatic rings. The summed E-state index contributed by atoms with van der Waals surface area (Å²) in [5.41, 5.74) is 6.63. The molecule has 0 radical (unpaired) electrons. The van der Waals surface area contributed by atoms with Crippen LogP contribution in [-0.4, -0.2) is 60.2 Å². The molecule has 2 aliphatic heterocycles. The molecule has 0 aromatic carbocycles. The van der Waals surface area contributed by atoms with Crippen molar-refractivity contribution in [3.63, 3.8) is 0 Å². The first-order valence-corrected chi connectivity index (χ1v) is 14.4. The Labute approximate surface area is 223 Å². The second-order valence-electron chi connectivity index (χ2n) is 10.6. The minimum absolute atomic E-state index is 0.00396. The summed E-state index contributed by atoms with van der Waals surface area (Å²) in [4.78, 5) is 17.4. The van der Waals surface area contributed by atoms with Crippen LogP contribution in [0.3, 0.4) is 0 Å². The molecular weight excluding hydrogens is 518 g/mol. The van der Waals surface area contributed by atoms with Crippen LogP contribution in [-0.2, 0) is 15.7 Å². The molecule has 3 aromatic heterocycles. The predicted molar refractivity (Wildman–Crippen MR) is 145 cm³/mol. The van der Waals surface area contributed by atoms with Crippen molar-refractivity contribution in [3.05, 3.63) is 35.9 Å². The van der Waals surface area contributed by atoms with Crippen LogP contribution in [0.2, 0.25) is 5.02 Å². The SMILES string of the molecule is C[C@H]1CC2(CCN(c3ncc(Sc4ccnc(N)c4Cl)c4nccn34)CC2NS(=O)C(C)(C)C)CO1. The minimum Gasteiger partial charge on any atom is -0.382 e. The Bertz CT molecular complexity index is 1300. The van der Waals surface area contributed by atoms with Gasteiger partial charge in [-0.15, -0.1) is 0 Å². The van der Waals surface area contributed by atoms with Crippen molar-refractivity contribution in [2.75, 3.05) is 30.3 Å². The number of hydrogen-bond acceptors (Lipinski definition) is 8. The zero-order valence-electron chi connectivity index (χ0n) is 20.9. The van der Waals surface area contributed by atoms with E-state index in [1.54, 1.807) is 12.4 Å². The van der Waals surface area contributed by atoms with Crippen molar-refractivity contribution in [1.82, 2.24) is 24.1 Å². The van der Waals surface area contributed by atoms with Gasteiger partial charge in [0.1, 0.15) is 5.82 Å². The number of nitrogens with zero attached hydrogens (tertiary/aromatic N) is 5. The number of ether oxygens (including phenoxy) is 1. The standard InChI is InChI=1S/C24H32ClN7O2S2/c1-15-11-24(14-34-15)6-9-31(13-18(24)30-36(33)23(2,3)4)22-29-12-17(21-28-8-10-32(21)22)35-16-5-7-27-20(26)19(16)25/h5,7-8,10,12,15,18,30H,6,9,11,13-14H2,1-4H3,(H2,26,27)/t15-,18?,24?,36?/m0/s1. The molecule has 194 valence electrons. The third-order valence-electron chi connectivity index (χ3n) is 6.93. The summed E-state index contributed by atoms with van der Waals surface area (Å²) < 4.78 is 24.3. The summed E-state index contributed by atoms with van der Waals surface area (Å²) in [5, 5.41) is 0.423. The summed E-state index contributed by atoms with van der Waals surface area (Å²) in [6.45, 7) is 10.3. The highest BCUT2D eigenvalue weighted by Gasteiger charge is 2.49. The molecule has 0 amide bonds. The topological polar surface area (TPSA) is 111 Å². The van der Waals surface area contributed by atoms with Gasteiger partial charge < -0.3 is 15.4 Å². The number of piperidine rings is 1. The van der Waals surface area contributed by atoms with E-state index < -0.39 is 11.0 Å². The van der Waals surface area contributed by atoms with Crippen molar-refractivity contribution < 1.29 is 8.95 Å². The molecule has 36 heavy (non-hydrogen) atoms. The molecule has 1 spiro atoms. The van der Waals surface area contributed by atoms with Crippen molar-refractivity contribution in [2.24, 2.45) is 5.41 Å². The van der Waals surface area contributed by atoms with E-state index in [2.05, 4.69) is 26.5 Å². The molecule has 2 fully saturated rings. The quantitative estimate of drug-likeness (QED) is 0.492. The Hall–Kier alpha value is -1.92. The van der Waals surface area contributed by atoms with E-state index in [1.807, 2.05) is 43.6 Å².